The van der Waals surface area contributed by atoms with Gasteiger partial charge in [0.05, 0.1) is 21.5 Å². The van der Waals surface area contributed by atoms with E-state index in [9.17, 15) is 9.59 Å². The summed E-state index contributed by atoms with van der Waals surface area (Å²) in [5.41, 5.74) is 1.21. The van der Waals surface area contributed by atoms with E-state index in [1.54, 1.807) is 13.0 Å². The number of carbonyl (C=O) groups is 2. The molecule has 0 radical (unpaired) electrons. The summed E-state index contributed by atoms with van der Waals surface area (Å²) in [6.45, 7) is 11.1. The molecule has 37 heavy (non-hydrogen) atoms. The van der Waals surface area contributed by atoms with Crippen molar-refractivity contribution in [1.29, 1.82) is 0 Å². The molecule has 2 amide bonds. The summed E-state index contributed by atoms with van der Waals surface area (Å²) in [5.74, 6) is 0.129. The van der Waals surface area contributed by atoms with Crippen molar-refractivity contribution in [1.82, 2.24) is 15.1 Å². The third-order valence-corrected chi connectivity index (χ3v) is 9.44. The van der Waals surface area contributed by atoms with Crippen LogP contribution in [-0.2, 0) is 15.0 Å². The van der Waals surface area contributed by atoms with Gasteiger partial charge in [0.15, 0.2) is 0 Å². The molecule has 202 valence electrons. The third-order valence-electron chi connectivity index (χ3n) is 7.72. The zero-order valence-electron chi connectivity index (χ0n) is 22.2. The second-order valence-corrected chi connectivity index (χ2v) is 12.0. The quantitative estimate of drug-likeness (QED) is 0.285. The molecule has 0 spiro atoms. The maximum absolute atomic E-state index is 14.0. The number of nitrogens with zero attached hydrogens (tertiary/aromatic N) is 2. The summed E-state index contributed by atoms with van der Waals surface area (Å²) in [5, 5.41) is 4.27. The van der Waals surface area contributed by atoms with Gasteiger partial charge in [0.25, 0.3) is 0 Å². The lowest BCUT2D eigenvalue weighted by Gasteiger charge is -2.39. The van der Waals surface area contributed by atoms with Gasteiger partial charge in [0.1, 0.15) is 0 Å². The molecule has 1 saturated heterocycles. The molecule has 0 aromatic heterocycles. The van der Waals surface area contributed by atoms with E-state index in [4.69, 9.17) is 23.2 Å². The van der Waals surface area contributed by atoms with Crippen LogP contribution in [0.15, 0.2) is 42.5 Å². The van der Waals surface area contributed by atoms with Gasteiger partial charge < -0.3 is 15.1 Å². The minimum Gasteiger partial charge on any atom is -0.349 e. The van der Waals surface area contributed by atoms with Gasteiger partial charge >= 0.3 is 0 Å². The Balaban J connectivity index is 1.78. The molecule has 2 aromatic carbocycles. The molecule has 0 aliphatic carbocycles. The van der Waals surface area contributed by atoms with E-state index in [-0.39, 0.29) is 17.9 Å². The molecule has 8 heteroatoms. The van der Waals surface area contributed by atoms with Gasteiger partial charge in [0.2, 0.25) is 11.8 Å². The van der Waals surface area contributed by atoms with Gasteiger partial charge in [-0.25, -0.2) is 0 Å². The Morgan fingerprint density at radius 1 is 1.14 bits per heavy atom. The van der Waals surface area contributed by atoms with Crippen LogP contribution in [-0.4, -0.2) is 53.8 Å². The van der Waals surface area contributed by atoms with Crippen molar-refractivity contribution in [2.75, 3.05) is 26.2 Å². The van der Waals surface area contributed by atoms with E-state index in [1.807, 2.05) is 43.0 Å². The lowest BCUT2D eigenvalue weighted by atomic mass is 9.77. The van der Waals surface area contributed by atoms with Crippen molar-refractivity contribution in [2.45, 2.75) is 70.9 Å². The number of piperidine rings is 1. The van der Waals surface area contributed by atoms with Crippen molar-refractivity contribution >= 4 is 57.6 Å². The van der Waals surface area contributed by atoms with Gasteiger partial charge in [0, 0.05) is 36.2 Å². The minimum absolute atomic E-state index is 0.0129. The molecule has 3 rings (SSSR count). The minimum atomic E-state index is -0.784. The molecule has 1 aliphatic heterocycles. The monoisotopic (exact) mass is 657 g/mol. The summed E-state index contributed by atoms with van der Waals surface area (Å²) in [6, 6.07) is 13.9. The highest BCUT2D eigenvalue weighted by Gasteiger charge is 2.37. The lowest BCUT2D eigenvalue weighted by molar-refractivity contribution is -0.132. The van der Waals surface area contributed by atoms with Gasteiger partial charge in [-0.2, -0.15) is 0 Å². The molecule has 1 aliphatic rings. The highest BCUT2D eigenvalue weighted by Crippen LogP contribution is 2.35. The predicted molar refractivity (Wildman–Crippen MR) is 161 cm³/mol. The SMILES string of the molecule is CC[C@H](NC(=O)C(C)(CCN1CCC(N(CC)C(C)=O)CC1)c1ccc(Cl)c(Cl)c1)c1ccccc1I. The summed E-state index contributed by atoms with van der Waals surface area (Å²) in [6.07, 6.45) is 3.34. The Morgan fingerprint density at radius 3 is 2.38 bits per heavy atom. The first kappa shape index (κ1) is 30.2. The van der Waals surface area contributed by atoms with E-state index >= 15 is 0 Å². The lowest BCUT2D eigenvalue weighted by Crippen LogP contribution is -2.49. The van der Waals surface area contributed by atoms with Crippen LogP contribution in [0.1, 0.15) is 70.5 Å². The average molecular weight is 658 g/mol. The van der Waals surface area contributed by atoms with Crippen molar-refractivity contribution in [3.05, 3.63) is 67.2 Å². The molecule has 1 unspecified atom stereocenters. The molecule has 1 heterocycles. The smallest absolute Gasteiger partial charge is 0.230 e. The predicted octanol–water partition coefficient (Wildman–Crippen LogP) is 6.85. The first-order chi connectivity index (χ1) is 17.6. The Hall–Kier alpha value is -1.35. The van der Waals surface area contributed by atoms with E-state index in [0.717, 1.165) is 60.1 Å². The number of likely N-dealkylation sites (tertiary alicyclic amines) is 1. The third kappa shape index (κ3) is 7.40. The Bertz CT molecular complexity index is 1090. The molecule has 0 saturated carbocycles. The number of hydrogen-bond donors (Lipinski definition) is 1. The zero-order chi connectivity index (χ0) is 27.2. The van der Waals surface area contributed by atoms with Gasteiger partial charge in [-0.3, -0.25) is 9.59 Å². The van der Waals surface area contributed by atoms with Crippen molar-refractivity contribution < 1.29 is 9.59 Å². The molecular weight excluding hydrogens is 620 g/mol. The number of carbonyl (C=O) groups excluding carboxylic acids is 2. The van der Waals surface area contributed by atoms with Crippen molar-refractivity contribution in [2.24, 2.45) is 0 Å². The van der Waals surface area contributed by atoms with Crippen molar-refractivity contribution in [3.8, 4) is 0 Å². The van der Waals surface area contributed by atoms with Crippen LogP contribution in [0.4, 0.5) is 0 Å². The number of nitrogens with one attached hydrogen (secondary N) is 1. The topological polar surface area (TPSA) is 52.7 Å². The second kappa shape index (κ2) is 13.6. The summed E-state index contributed by atoms with van der Waals surface area (Å²) >= 11 is 14.9. The number of hydrogen-bond acceptors (Lipinski definition) is 3. The van der Waals surface area contributed by atoms with Crippen LogP contribution in [0.25, 0.3) is 0 Å². The van der Waals surface area contributed by atoms with E-state index in [1.165, 1.54) is 0 Å². The summed E-state index contributed by atoms with van der Waals surface area (Å²) < 4.78 is 1.14. The van der Waals surface area contributed by atoms with Crippen LogP contribution < -0.4 is 5.32 Å². The Labute approximate surface area is 245 Å². The first-order valence-electron chi connectivity index (χ1n) is 13.1. The largest absolute Gasteiger partial charge is 0.349 e. The second-order valence-electron chi connectivity index (χ2n) is 10.0. The Kier molecular flexibility index (Phi) is 11.1. The first-order valence-corrected chi connectivity index (χ1v) is 14.9. The fourth-order valence-electron chi connectivity index (χ4n) is 5.28. The molecule has 0 bridgehead atoms. The standard InChI is InChI=1S/C29H38Cl2IN3O2/c1-5-27(23-9-7-8-10-26(23)32)33-28(37)29(4,21-11-12-24(30)25(31)19-21)15-18-34-16-13-22(14-17-34)35(6-2)20(3)36/h7-12,19,22,27H,5-6,13-18H2,1-4H3,(H,33,37)/t27-,29?/m0/s1. The summed E-state index contributed by atoms with van der Waals surface area (Å²) in [7, 11) is 0. The maximum atomic E-state index is 14.0. The fourth-order valence-corrected chi connectivity index (χ4v) is 6.34. The number of benzene rings is 2. The van der Waals surface area contributed by atoms with Crippen LogP contribution in [0.3, 0.4) is 0 Å². The van der Waals surface area contributed by atoms with Crippen LogP contribution in [0.2, 0.25) is 10.0 Å². The van der Waals surface area contributed by atoms with Crippen molar-refractivity contribution in [3.63, 3.8) is 0 Å². The number of halogens is 3. The number of amides is 2. The fraction of sp³-hybridized carbons (Fsp3) is 0.517. The summed E-state index contributed by atoms with van der Waals surface area (Å²) in [4.78, 5) is 30.4. The molecule has 1 fully saturated rings. The average Bonchev–Trinajstić information content (AvgIpc) is 2.88. The molecule has 2 aromatic rings. The van der Waals surface area contributed by atoms with Gasteiger partial charge in [-0.15, -0.1) is 0 Å². The van der Waals surface area contributed by atoms with E-state index < -0.39 is 5.41 Å². The normalized spacial score (nSPS) is 17.2. The van der Waals surface area contributed by atoms with E-state index in [2.05, 4.69) is 51.9 Å². The Morgan fingerprint density at radius 2 is 1.81 bits per heavy atom. The highest BCUT2D eigenvalue weighted by molar-refractivity contribution is 14.1. The molecule has 1 N–H and O–H groups in total. The molecule has 5 nitrogen and oxygen atoms in total. The van der Waals surface area contributed by atoms with Crippen LogP contribution in [0.5, 0.6) is 0 Å². The van der Waals surface area contributed by atoms with Crippen LogP contribution in [0, 0.1) is 3.57 Å². The number of rotatable bonds is 10. The van der Waals surface area contributed by atoms with Gasteiger partial charge in [-0.05, 0) is 98.0 Å². The molecular formula is C29H38Cl2IN3O2. The molecule has 2 atom stereocenters. The van der Waals surface area contributed by atoms with E-state index in [0.29, 0.717) is 22.5 Å². The van der Waals surface area contributed by atoms with Crippen LogP contribution >= 0.6 is 45.8 Å². The van der Waals surface area contributed by atoms with Gasteiger partial charge in [-0.1, -0.05) is 54.4 Å². The zero-order valence-corrected chi connectivity index (χ0v) is 25.9. The maximum Gasteiger partial charge on any atom is 0.230 e. The highest BCUT2D eigenvalue weighted by atomic mass is 127.